The lowest BCUT2D eigenvalue weighted by atomic mass is 10.2. The predicted molar refractivity (Wildman–Crippen MR) is 131 cm³/mol. The summed E-state index contributed by atoms with van der Waals surface area (Å²) in [6.07, 6.45) is 0. The first kappa shape index (κ1) is 23.3. The lowest BCUT2D eigenvalue weighted by Crippen LogP contribution is -2.15. The molecule has 11 heteroatoms. The minimum absolute atomic E-state index is 0.0242. The van der Waals surface area contributed by atoms with E-state index in [0.29, 0.717) is 22.4 Å². The molecule has 0 aliphatic carbocycles. The fourth-order valence-electron chi connectivity index (χ4n) is 3.16. The Morgan fingerprint density at radius 1 is 1.12 bits per heavy atom. The predicted octanol–water partition coefficient (Wildman–Crippen LogP) is 5.24. The number of anilines is 1. The number of hydrogen-bond acceptors (Lipinski definition) is 7. The first-order valence-electron chi connectivity index (χ1n) is 9.98. The zero-order valence-corrected chi connectivity index (χ0v) is 19.4. The van der Waals surface area contributed by atoms with Crippen LogP contribution in [0.2, 0.25) is 5.02 Å². The van der Waals surface area contributed by atoms with Crippen LogP contribution in [-0.4, -0.2) is 38.5 Å². The van der Waals surface area contributed by atoms with Crippen LogP contribution in [0, 0.1) is 10.1 Å². The van der Waals surface area contributed by atoms with Crippen LogP contribution in [0.3, 0.4) is 0 Å². The van der Waals surface area contributed by atoms with E-state index in [2.05, 4.69) is 15.5 Å². The van der Waals surface area contributed by atoms with Crippen LogP contribution in [0.15, 0.2) is 78.0 Å². The number of rotatable bonds is 8. The molecule has 0 unspecified atom stereocenters. The number of hydrogen-bond donors (Lipinski definition) is 1. The summed E-state index contributed by atoms with van der Waals surface area (Å²) in [6.45, 7) is 0. The van der Waals surface area contributed by atoms with Crippen molar-refractivity contribution in [1.29, 1.82) is 0 Å². The molecule has 1 amide bonds. The molecule has 3 aromatic carbocycles. The number of nitrogens with one attached hydrogen (secondary N) is 1. The van der Waals surface area contributed by atoms with Crippen LogP contribution in [-0.2, 0) is 4.79 Å². The molecular formula is C23H18ClN5O4S. The zero-order valence-electron chi connectivity index (χ0n) is 17.8. The largest absolute Gasteiger partial charge is 0.497 e. The molecule has 4 rings (SSSR count). The summed E-state index contributed by atoms with van der Waals surface area (Å²) in [7, 11) is 1.60. The maximum atomic E-state index is 12.6. The summed E-state index contributed by atoms with van der Waals surface area (Å²) < 4.78 is 7.20. The molecule has 1 N–H and O–H groups in total. The Balaban J connectivity index is 1.57. The number of carbonyl (C=O) groups is 1. The highest BCUT2D eigenvalue weighted by molar-refractivity contribution is 7.99. The van der Waals surface area contributed by atoms with Gasteiger partial charge in [0.1, 0.15) is 5.75 Å². The van der Waals surface area contributed by atoms with Gasteiger partial charge in [-0.05, 0) is 30.3 Å². The van der Waals surface area contributed by atoms with Gasteiger partial charge in [0.2, 0.25) is 5.91 Å². The summed E-state index contributed by atoms with van der Waals surface area (Å²) in [5.41, 5.74) is 1.79. The molecule has 0 atom stereocenters. The highest BCUT2D eigenvalue weighted by Crippen LogP contribution is 2.30. The van der Waals surface area contributed by atoms with Crippen molar-refractivity contribution in [2.45, 2.75) is 5.16 Å². The van der Waals surface area contributed by atoms with Crippen molar-refractivity contribution < 1.29 is 14.5 Å². The molecular weight excluding hydrogens is 478 g/mol. The zero-order chi connectivity index (χ0) is 24.1. The van der Waals surface area contributed by atoms with Crippen molar-refractivity contribution >= 4 is 40.6 Å². The number of ether oxygens (including phenoxy) is 1. The number of amides is 1. The minimum Gasteiger partial charge on any atom is -0.497 e. The second kappa shape index (κ2) is 10.4. The number of non-ortho nitro benzene ring substituents is 1. The van der Waals surface area contributed by atoms with E-state index in [9.17, 15) is 14.9 Å². The van der Waals surface area contributed by atoms with Gasteiger partial charge in [0, 0.05) is 23.4 Å². The Morgan fingerprint density at radius 3 is 2.62 bits per heavy atom. The summed E-state index contributed by atoms with van der Waals surface area (Å²) in [5.74, 6) is 0.975. The summed E-state index contributed by atoms with van der Waals surface area (Å²) in [4.78, 5) is 22.9. The van der Waals surface area contributed by atoms with Gasteiger partial charge in [-0.1, -0.05) is 53.7 Å². The Kier molecular flexibility index (Phi) is 7.09. The van der Waals surface area contributed by atoms with Crippen LogP contribution < -0.4 is 10.1 Å². The molecule has 0 aliphatic heterocycles. The topological polar surface area (TPSA) is 112 Å². The van der Waals surface area contributed by atoms with Gasteiger partial charge in [-0.3, -0.25) is 19.5 Å². The molecule has 34 heavy (non-hydrogen) atoms. The number of methoxy groups -OCH3 is 1. The number of nitro benzene ring substituents is 1. The van der Waals surface area contributed by atoms with Crippen molar-refractivity contribution in [3.63, 3.8) is 0 Å². The Hall–Kier alpha value is -3.89. The molecule has 0 saturated heterocycles. The van der Waals surface area contributed by atoms with E-state index in [0.717, 1.165) is 11.3 Å². The fourth-order valence-corrected chi connectivity index (χ4v) is 4.13. The van der Waals surface area contributed by atoms with Crippen LogP contribution in [0.1, 0.15) is 0 Å². The quantitative estimate of drug-likeness (QED) is 0.202. The number of para-hydroxylation sites is 1. The molecule has 0 aliphatic rings. The van der Waals surface area contributed by atoms with E-state index in [1.165, 1.54) is 30.0 Å². The third-order valence-corrected chi connectivity index (χ3v) is 5.99. The highest BCUT2D eigenvalue weighted by Gasteiger charge is 2.18. The third-order valence-electron chi connectivity index (χ3n) is 4.75. The second-order valence-corrected chi connectivity index (χ2v) is 8.32. The summed E-state index contributed by atoms with van der Waals surface area (Å²) in [5, 5.41) is 22.8. The lowest BCUT2D eigenvalue weighted by molar-refractivity contribution is -0.384. The average molecular weight is 496 g/mol. The van der Waals surface area contributed by atoms with Crippen molar-refractivity contribution in [1.82, 2.24) is 14.8 Å². The second-order valence-electron chi connectivity index (χ2n) is 6.97. The molecule has 1 heterocycles. The number of aromatic nitrogens is 3. The monoisotopic (exact) mass is 495 g/mol. The molecule has 0 bridgehead atoms. The van der Waals surface area contributed by atoms with Crippen molar-refractivity contribution in [2.24, 2.45) is 0 Å². The molecule has 9 nitrogen and oxygen atoms in total. The SMILES string of the molecule is COc1cccc(-c2nnc(SCC(=O)Nc3ccc([N+](=O)[O-])cc3Cl)n2-c2ccccc2)c1. The lowest BCUT2D eigenvalue weighted by Gasteiger charge is -2.11. The summed E-state index contributed by atoms with van der Waals surface area (Å²) in [6, 6.07) is 20.9. The number of halogens is 1. The summed E-state index contributed by atoms with van der Waals surface area (Å²) >= 11 is 7.28. The first-order chi connectivity index (χ1) is 16.5. The molecule has 0 fully saturated rings. The van der Waals surface area contributed by atoms with Crippen LogP contribution in [0.4, 0.5) is 11.4 Å². The molecule has 172 valence electrons. The molecule has 0 spiro atoms. The van der Waals surface area contributed by atoms with Gasteiger partial charge in [-0.25, -0.2) is 0 Å². The number of benzene rings is 3. The van der Waals surface area contributed by atoms with E-state index in [1.54, 1.807) is 7.11 Å². The molecule has 1 aromatic heterocycles. The molecule has 4 aromatic rings. The number of nitrogens with zero attached hydrogens (tertiary/aromatic N) is 4. The Morgan fingerprint density at radius 2 is 1.91 bits per heavy atom. The van der Waals surface area contributed by atoms with Gasteiger partial charge in [0.25, 0.3) is 5.69 Å². The van der Waals surface area contributed by atoms with Crippen LogP contribution in [0.25, 0.3) is 17.1 Å². The molecule has 0 radical (unpaired) electrons. The van der Waals surface area contributed by atoms with Gasteiger partial charge >= 0.3 is 0 Å². The van der Waals surface area contributed by atoms with Crippen LogP contribution in [0.5, 0.6) is 5.75 Å². The van der Waals surface area contributed by atoms with Gasteiger partial charge in [0.15, 0.2) is 11.0 Å². The van der Waals surface area contributed by atoms with E-state index in [1.807, 2.05) is 59.2 Å². The number of carbonyl (C=O) groups excluding carboxylic acids is 1. The van der Waals surface area contributed by atoms with E-state index in [-0.39, 0.29) is 22.4 Å². The maximum absolute atomic E-state index is 12.6. The first-order valence-corrected chi connectivity index (χ1v) is 11.3. The number of thioether (sulfide) groups is 1. The van der Waals surface area contributed by atoms with Crippen LogP contribution >= 0.6 is 23.4 Å². The van der Waals surface area contributed by atoms with Crippen molar-refractivity contribution in [3.05, 3.63) is 87.9 Å². The smallest absolute Gasteiger partial charge is 0.271 e. The minimum atomic E-state index is -0.552. The van der Waals surface area contributed by atoms with Gasteiger partial charge in [-0.2, -0.15) is 0 Å². The average Bonchev–Trinajstić information content (AvgIpc) is 3.28. The van der Waals surface area contributed by atoms with Crippen molar-refractivity contribution in [2.75, 3.05) is 18.2 Å². The molecule has 0 saturated carbocycles. The number of nitro groups is 1. The van der Waals surface area contributed by atoms with Gasteiger partial charge < -0.3 is 10.1 Å². The van der Waals surface area contributed by atoms with E-state index < -0.39 is 4.92 Å². The maximum Gasteiger partial charge on any atom is 0.271 e. The fraction of sp³-hybridized carbons (Fsp3) is 0.0870. The van der Waals surface area contributed by atoms with E-state index >= 15 is 0 Å². The standard InChI is InChI=1S/C23H18ClN5O4S/c1-33-18-9-5-6-15(12-18)22-26-27-23(28(22)16-7-3-2-4-8-16)34-14-21(30)25-20-11-10-17(29(31)32)13-19(20)24/h2-13H,14H2,1H3,(H,25,30). The van der Waals surface area contributed by atoms with Gasteiger partial charge in [-0.15, -0.1) is 10.2 Å². The Bertz CT molecular complexity index is 1350. The highest BCUT2D eigenvalue weighted by atomic mass is 35.5. The third kappa shape index (κ3) is 5.19. The van der Waals surface area contributed by atoms with Gasteiger partial charge in [0.05, 0.1) is 28.5 Å². The Labute approximate surface area is 203 Å². The van der Waals surface area contributed by atoms with Crippen molar-refractivity contribution in [3.8, 4) is 22.8 Å². The normalized spacial score (nSPS) is 10.6. The van der Waals surface area contributed by atoms with E-state index in [4.69, 9.17) is 16.3 Å².